The van der Waals surface area contributed by atoms with Crippen molar-refractivity contribution in [1.29, 1.82) is 0 Å². The third-order valence-corrected chi connectivity index (χ3v) is 5.74. The number of rotatable bonds is 4. The molecule has 0 radical (unpaired) electrons. The van der Waals surface area contributed by atoms with Crippen molar-refractivity contribution in [2.24, 2.45) is 0 Å². The molecule has 6 nitrogen and oxygen atoms in total. The Balaban J connectivity index is 1.76. The van der Waals surface area contributed by atoms with Crippen LogP contribution < -0.4 is 10.6 Å². The van der Waals surface area contributed by atoms with E-state index >= 15 is 0 Å². The van der Waals surface area contributed by atoms with E-state index in [0.29, 0.717) is 15.7 Å². The van der Waals surface area contributed by atoms with Crippen LogP contribution in [0.1, 0.15) is 38.8 Å². The zero-order valence-electron chi connectivity index (χ0n) is 16.9. The maximum atomic E-state index is 13.0. The van der Waals surface area contributed by atoms with Crippen LogP contribution in [0.4, 0.5) is 10.5 Å². The zero-order valence-corrected chi connectivity index (χ0v) is 18.5. The lowest BCUT2D eigenvalue weighted by atomic mass is 9.84. The zero-order chi connectivity index (χ0) is 21.4. The number of anilines is 1. The van der Waals surface area contributed by atoms with Gasteiger partial charge in [-0.15, -0.1) is 0 Å². The first-order valence-electron chi connectivity index (χ1n) is 9.32. The van der Waals surface area contributed by atoms with Gasteiger partial charge in [-0.1, -0.05) is 57.2 Å². The van der Waals surface area contributed by atoms with Crippen LogP contribution in [0.2, 0.25) is 0 Å². The maximum Gasteiger partial charge on any atom is 0.325 e. The van der Waals surface area contributed by atoms with E-state index in [-0.39, 0.29) is 12.0 Å². The normalized spacial score (nSPS) is 19.3. The molecule has 2 aromatic carbocycles. The van der Waals surface area contributed by atoms with Crippen molar-refractivity contribution in [3.05, 3.63) is 64.1 Å². The molecule has 1 atom stereocenters. The summed E-state index contributed by atoms with van der Waals surface area (Å²) in [5.74, 6) is -0.902. The number of nitrogens with zero attached hydrogens (tertiary/aromatic N) is 1. The minimum atomic E-state index is -1.21. The SMILES string of the molecule is CC(C)(C)c1ccc(C2(C)NC(=O)N(CC(=O)Nc3ccccc3Br)C2=O)cc1. The molecule has 1 fully saturated rings. The number of nitrogens with one attached hydrogen (secondary N) is 2. The molecule has 2 N–H and O–H groups in total. The highest BCUT2D eigenvalue weighted by molar-refractivity contribution is 9.10. The number of hydrogen-bond acceptors (Lipinski definition) is 3. The van der Waals surface area contributed by atoms with Gasteiger partial charge >= 0.3 is 6.03 Å². The predicted molar refractivity (Wildman–Crippen MR) is 116 cm³/mol. The first-order valence-corrected chi connectivity index (χ1v) is 10.1. The fraction of sp³-hybridized carbons (Fsp3) is 0.318. The van der Waals surface area contributed by atoms with Crippen molar-refractivity contribution in [2.45, 2.75) is 38.6 Å². The van der Waals surface area contributed by atoms with Gasteiger partial charge < -0.3 is 10.6 Å². The van der Waals surface area contributed by atoms with Crippen LogP contribution in [0.15, 0.2) is 53.0 Å². The van der Waals surface area contributed by atoms with Gasteiger partial charge in [-0.2, -0.15) is 0 Å². The van der Waals surface area contributed by atoms with Gasteiger partial charge in [0.25, 0.3) is 5.91 Å². The van der Waals surface area contributed by atoms with Crippen LogP contribution in [0.25, 0.3) is 0 Å². The molecular formula is C22H24BrN3O3. The molecule has 7 heteroatoms. The number of hydrogen-bond donors (Lipinski definition) is 2. The smallest absolute Gasteiger partial charge is 0.324 e. The Morgan fingerprint density at radius 2 is 1.72 bits per heavy atom. The summed E-state index contributed by atoms with van der Waals surface area (Å²) in [6, 6.07) is 14.2. The average Bonchev–Trinajstić information content (AvgIpc) is 2.87. The molecule has 29 heavy (non-hydrogen) atoms. The predicted octanol–water partition coefficient (Wildman–Crippen LogP) is 4.15. The number of amides is 4. The molecular weight excluding hydrogens is 434 g/mol. The van der Waals surface area contributed by atoms with Crippen molar-refractivity contribution in [3.63, 3.8) is 0 Å². The van der Waals surface area contributed by atoms with E-state index in [1.54, 1.807) is 25.1 Å². The van der Waals surface area contributed by atoms with E-state index in [1.165, 1.54) is 0 Å². The molecule has 1 unspecified atom stereocenters. The maximum absolute atomic E-state index is 13.0. The van der Waals surface area contributed by atoms with E-state index in [0.717, 1.165) is 10.5 Å². The molecule has 4 amide bonds. The highest BCUT2D eigenvalue weighted by Gasteiger charge is 2.49. The number of carbonyl (C=O) groups is 3. The Bertz CT molecular complexity index is 966. The lowest BCUT2D eigenvalue weighted by molar-refractivity contribution is -0.133. The van der Waals surface area contributed by atoms with Gasteiger partial charge in [0, 0.05) is 4.47 Å². The van der Waals surface area contributed by atoms with Gasteiger partial charge in [0.1, 0.15) is 12.1 Å². The summed E-state index contributed by atoms with van der Waals surface area (Å²) in [7, 11) is 0. The monoisotopic (exact) mass is 457 g/mol. The van der Waals surface area contributed by atoms with Crippen LogP contribution in [0.5, 0.6) is 0 Å². The number of para-hydroxylation sites is 1. The third-order valence-electron chi connectivity index (χ3n) is 5.05. The summed E-state index contributed by atoms with van der Waals surface area (Å²) in [5, 5.41) is 5.44. The number of urea groups is 1. The van der Waals surface area contributed by atoms with Crippen molar-refractivity contribution in [2.75, 3.05) is 11.9 Å². The molecule has 1 aliphatic rings. The van der Waals surface area contributed by atoms with Crippen molar-refractivity contribution in [3.8, 4) is 0 Å². The highest BCUT2D eigenvalue weighted by atomic mass is 79.9. The molecule has 152 valence electrons. The molecule has 1 heterocycles. The molecule has 0 aliphatic carbocycles. The molecule has 2 aromatic rings. The van der Waals surface area contributed by atoms with Gasteiger partial charge in [-0.25, -0.2) is 4.79 Å². The summed E-state index contributed by atoms with van der Waals surface area (Å²) in [5.41, 5.74) is 1.16. The fourth-order valence-corrected chi connectivity index (χ4v) is 3.62. The summed E-state index contributed by atoms with van der Waals surface area (Å²) in [6.45, 7) is 7.62. The second-order valence-electron chi connectivity index (χ2n) is 8.30. The van der Waals surface area contributed by atoms with Crippen LogP contribution in [0.3, 0.4) is 0 Å². The van der Waals surface area contributed by atoms with Gasteiger partial charge in [-0.05, 0) is 51.5 Å². The number of carbonyl (C=O) groups excluding carboxylic acids is 3. The van der Waals surface area contributed by atoms with E-state index < -0.39 is 23.4 Å². The van der Waals surface area contributed by atoms with E-state index in [4.69, 9.17) is 0 Å². The van der Waals surface area contributed by atoms with Crippen LogP contribution in [0, 0.1) is 0 Å². The lowest BCUT2D eigenvalue weighted by Gasteiger charge is -2.24. The number of benzene rings is 2. The third kappa shape index (κ3) is 4.19. The van der Waals surface area contributed by atoms with Gasteiger partial charge in [0.2, 0.25) is 5.91 Å². The first kappa shape index (κ1) is 21.0. The van der Waals surface area contributed by atoms with Crippen LogP contribution in [-0.2, 0) is 20.5 Å². The minimum Gasteiger partial charge on any atom is -0.324 e. The fourth-order valence-electron chi connectivity index (χ4n) is 3.24. The summed E-state index contributed by atoms with van der Waals surface area (Å²) >= 11 is 3.35. The van der Waals surface area contributed by atoms with Crippen molar-refractivity contribution >= 4 is 39.5 Å². The summed E-state index contributed by atoms with van der Waals surface area (Å²) < 4.78 is 0.717. The standard InChI is InChI=1S/C22H24BrN3O3/c1-21(2,3)14-9-11-15(12-10-14)22(4)19(28)26(20(29)25-22)13-18(27)24-17-8-6-5-7-16(17)23/h5-12H,13H2,1-4H3,(H,24,27)(H,25,29). The molecule has 0 aromatic heterocycles. The molecule has 3 rings (SSSR count). The molecule has 0 bridgehead atoms. The number of imide groups is 1. The topological polar surface area (TPSA) is 78.5 Å². The molecule has 1 aliphatic heterocycles. The van der Waals surface area contributed by atoms with Gasteiger partial charge in [0.15, 0.2) is 0 Å². The second kappa shape index (κ2) is 7.63. The van der Waals surface area contributed by atoms with Gasteiger partial charge in [-0.3, -0.25) is 14.5 Å². The largest absolute Gasteiger partial charge is 0.325 e. The van der Waals surface area contributed by atoms with Crippen LogP contribution >= 0.6 is 15.9 Å². The van der Waals surface area contributed by atoms with E-state index in [1.807, 2.05) is 30.3 Å². The van der Waals surface area contributed by atoms with Crippen molar-refractivity contribution < 1.29 is 14.4 Å². The highest BCUT2D eigenvalue weighted by Crippen LogP contribution is 2.31. The Morgan fingerprint density at radius 3 is 2.31 bits per heavy atom. The quantitative estimate of drug-likeness (QED) is 0.676. The number of halogens is 1. The Labute approximate surface area is 178 Å². The molecule has 1 saturated heterocycles. The second-order valence-corrected chi connectivity index (χ2v) is 9.16. The van der Waals surface area contributed by atoms with E-state index in [2.05, 4.69) is 47.3 Å². The van der Waals surface area contributed by atoms with Gasteiger partial charge in [0.05, 0.1) is 5.69 Å². The molecule has 0 saturated carbocycles. The Morgan fingerprint density at radius 1 is 1.10 bits per heavy atom. The minimum absolute atomic E-state index is 0.0157. The lowest BCUT2D eigenvalue weighted by Crippen LogP contribution is -2.42. The van der Waals surface area contributed by atoms with Crippen molar-refractivity contribution in [1.82, 2.24) is 10.2 Å². The summed E-state index contributed by atoms with van der Waals surface area (Å²) in [4.78, 5) is 38.8. The van der Waals surface area contributed by atoms with Crippen LogP contribution in [-0.4, -0.2) is 29.3 Å². The Kier molecular flexibility index (Phi) is 5.54. The first-order chi connectivity index (χ1) is 13.5. The van der Waals surface area contributed by atoms with E-state index in [9.17, 15) is 14.4 Å². The Hall–Kier alpha value is -2.67. The molecule has 0 spiro atoms. The average molecular weight is 458 g/mol. The summed E-state index contributed by atoms with van der Waals surface area (Å²) in [6.07, 6.45) is 0.